The van der Waals surface area contributed by atoms with Crippen LogP contribution < -0.4 is 15.6 Å². The van der Waals surface area contributed by atoms with E-state index in [-0.39, 0.29) is 12.4 Å². The number of amidine groups is 1. The smallest absolute Gasteiger partial charge is 0.394 e. The summed E-state index contributed by atoms with van der Waals surface area (Å²) >= 11 is 15.0. The summed E-state index contributed by atoms with van der Waals surface area (Å²) in [5.74, 6) is -0.121. The Bertz CT molecular complexity index is 736. The number of halogens is 3. The highest BCUT2D eigenvalue weighted by molar-refractivity contribution is 9.10. The summed E-state index contributed by atoms with van der Waals surface area (Å²) in [6.45, 7) is -0.331. The summed E-state index contributed by atoms with van der Waals surface area (Å²) in [7, 11) is 0. The summed E-state index contributed by atoms with van der Waals surface area (Å²) in [6.07, 6.45) is 0. The zero-order valence-corrected chi connectivity index (χ0v) is 14.8. The van der Waals surface area contributed by atoms with Gasteiger partial charge in [0.1, 0.15) is 5.75 Å². The van der Waals surface area contributed by atoms with Crippen molar-refractivity contribution in [3.05, 3.63) is 62.5 Å². The van der Waals surface area contributed by atoms with E-state index in [0.29, 0.717) is 21.4 Å². The van der Waals surface area contributed by atoms with Gasteiger partial charge in [-0.1, -0.05) is 44.3 Å². The average molecular weight is 419 g/mol. The molecule has 0 saturated carbocycles. The third kappa shape index (κ3) is 5.42. The zero-order valence-electron chi connectivity index (χ0n) is 11.7. The zero-order chi connectivity index (χ0) is 16.8. The molecule has 0 spiro atoms. The van der Waals surface area contributed by atoms with Crippen LogP contribution in [0.15, 0.2) is 46.9 Å². The largest absolute Gasteiger partial charge is 0.480 e. The third-order valence-electron chi connectivity index (χ3n) is 2.67. The summed E-state index contributed by atoms with van der Waals surface area (Å²) < 4.78 is 6.16. The van der Waals surface area contributed by atoms with Crippen LogP contribution in [-0.4, -0.2) is 18.4 Å². The predicted octanol–water partition coefficient (Wildman–Crippen LogP) is 2.08. The van der Waals surface area contributed by atoms with Crippen LogP contribution in [0.1, 0.15) is 5.56 Å². The number of benzene rings is 2. The topological polar surface area (TPSA) is 75.5 Å². The van der Waals surface area contributed by atoms with Crippen LogP contribution in [0, 0.1) is 0 Å². The summed E-state index contributed by atoms with van der Waals surface area (Å²) in [5, 5.41) is 3.15. The lowest BCUT2D eigenvalue weighted by Crippen LogP contribution is -2.76. The normalized spacial score (nSPS) is 11.2. The van der Waals surface area contributed by atoms with Crippen molar-refractivity contribution in [3.8, 4) is 5.75 Å². The SMILES string of the molecule is NC(=[NH+]OC(=O)COc1ccc(Cl)cc1Cl)c1ccc(Br)cc1. The molecule has 0 radical (unpaired) electrons. The number of carbonyl (C=O) groups excluding carboxylic acids is 1. The Morgan fingerprint density at radius 2 is 1.87 bits per heavy atom. The molecule has 3 N–H and O–H groups in total. The molecule has 0 amide bonds. The number of ether oxygens (including phenoxy) is 1. The van der Waals surface area contributed by atoms with E-state index in [1.807, 2.05) is 12.1 Å². The molecular formula is C15H12BrCl2N2O3+. The number of nitrogen functional groups attached to an aromatic ring is 1. The molecule has 0 bridgehead atoms. The van der Waals surface area contributed by atoms with Crippen LogP contribution in [0.25, 0.3) is 0 Å². The highest BCUT2D eigenvalue weighted by atomic mass is 79.9. The fraction of sp³-hybridized carbons (Fsp3) is 0.0667. The average Bonchev–Trinajstić information content (AvgIpc) is 2.52. The molecule has 0 heterocycles. The molecule has 5 nitrogen and oxygen atoms in total. The van der Waals surface area contributed by atoms with E-state index >= 15 is 0 Å². The van der Waals surface area contributed by atoms with Gasteiger partial charge >= 0.3 is 11.8 Å². The molecule has 0 aliphatic carbocycles. The fourth-order valence-electron chi connectivity index (χ4n) is 1.56. The van der Waals surface area contributed by atoms with Crippen LogP contribution in [0.4, 0.5) is 0 Å². The highest BCUT2D eigenvalue weighted by Crippen LogP contribution is 2.27. The first kappa shape index (κ1) is 17.6. The van der Waals surface area contributed by atoms with Crippen LogP contribution in [0.3, 0.4) is 0 Å². The lowest BCUT2D eigenvalue weighted by Gasteiger charge is -2.05. The molecule has 0 aliphatic rings. The van der Waals surface area contributed by atoms with Gasteiger partial charge in [0, 0.05) is 9.50 Å². The van der Waals surface area contributed by atoms with E-state index in [2.05, 4.69) is 21.1 Å². The lowest BCUT2D eigenvalue weighted by molar-refractivity contribution is -0.724. The molecule has 120 valence electrons. The monoisotopic (exact) mass is 417 g/mol. The minimum Gasteiger partial charge on any atom is -0.480 e. The van der Waals surface area contributed by atoms with Gasteiger partial charge in [0.05, 0.1) is 10.6 Å². The maximum Gasteiger partial charge on any atom is 0.394 e. The molecular weight excluding hydrogens is 407 g/mol. The van der Waals surface area contributed by atoms with Gasteiger partial charge in [0.25, 0.3) is 0 Å². The van der Waals surface area contributed by atoms with Crippen molar-refractivity contribution in [1.82, 2.24) is 0 Å². The third-order valence-corrected chi connectivity index (χ3v) is 3.73. The van der Waals surface area contributed by atoms with Crippen molar-refractivity contribution < 1.29 is 19.5 Å². The molecule has 8 heteroatoms. The van der Waals surface area contributed by atoms with Crippen LogP contribution in [0.5, 0.6) is 5.75 Å². The molecule has 0 aliphatic heterocycles. The van der Waals surface area contributed by atoms with E-state index in [1.165, 1.54) is 6.07 Å². The highest BCUT2D eigenvalue weighted by Gasteiger charge is 2.10. The van der Waals surface area contributed by atoms with Crippen LogP contribution in [-0.2, 0) is 9.63 Å². The molecule has 23 heavy (non-hydrogen) atoms. The Kier molecular flexibility index (Phi) is 6.27. The molecule has 2 aromatic carbocycles. The van der Waals surface area contributed by atoms with Crippen molar-refractivity contribution in [1.29, 1.82) is 0 Å². The quantitative estimate of drug-likeness (QED) is 0.337. The second-order valence-electron chi connectivity index (χ2n) is 4.36. The van der Waals surface area contributed by atoms with E-state index in [0.717, 1.165) is 4.47 Å². The van der Waals surface area contributed by atoms with Gasteiger partial charge in [-0.15, -0.1) is 0 Å². The summed E-state index contributed by atoms with van der Waals surface area (Å²) in [6, 6.07) is 11.9. The van der Waals surface area contributed by atoms with Crippen molar-refractivity contribution in [2.75, 3.05) is 6.61 Å². The first-order valence-corrected chi connectivity index (χ1v) is 7.92. The Balaban J connectivity index is 1.89. The van der Waals surface area contributed by atoms with Gasteiger partial charge in [-0.2, -0.15) is 0 Å². The van der Waals surface area contributed by atoms with Gasteiger partial charge in [-0.25, -0.2) is 4.79 Å². The Morgan fingerprint density at radius 1 is 1.17 bits per heavy atom. The number of hydrogen-bond acceptors (Lipinski definition) is 3. The van der Waals surface area contributed by atoms with Gasteiger partial charge in [0.15, 0.2) is 6.61 Å². The molecule has 0 saturated heterocycles. The van der Waals surface area contributed by atoms with Crippen molar-refractivity contribution in [2.24, 2.45) is 5.73 Å². The number of rotatable bonds is 5. The number of nitrogens with one attached hydrogen (secondary N) is 1. The predicted molar refractivity (Wildman–Crippen MR) is 91.5 cm³/mol. The van der Waals surface area contributed by atoms with E-state index in [4.69, 9.17) is 38.5 Å². The maximum atomic E-state index is 11.6. The Morgan fingerprint density at radius 3 is 2.52 bits per heavy atom. The number of carbonyl (C=O) groups is 1. The molecule has 0 fully saturated rings. The minimum atomic E-state index is -0.656. The van der Waals surface area contributed by atoms with Crippen LogP contribution in [0.2, 0.25) is 10.0 Å². The van der Waals surface area contributed by atoms with Gasteiger partial charge in [-0.05, 0) is 42.5 Å². The number of hydrogen-bond donors (Lipinski definition) is 2. The Hall–Kier alpha value is -1.76. The molecule has 0 aromatic heterocycles. The van der Waals surface area contributed by atoms with E-state index in [1.54, 1.807) is 24.3 Å². The molecule has 0 atom stereocenters. The maximum absolute atomic E-state index is 11.6. The van der Waals surface area contributed by atoms with Crippen molar-refractivity contribution >= 4 is 50.9 Å². The van der Waals surface area contributed by atoms with Crippen LogP contribution >= 0.6 is 39.1 Å². The van der Waals surface area contributed by atoms with Gasteiger partial charge < -0.3 is 4.74 Å². The molecule has 2 rings (SSSR count). The Labute approximate surface area is 151 Å². The lowest BCUT2D eigenvalue weighted by atomic mass is 10.2. The van der Waals surface area contributed by atoms with Crippen molar-refractivity contribution in [2.45, 2.75) is 0 Å². The van der Waals surface area contributed by atoms with Gasteiger partial charge in [0.2, 0.25) is 0 Å². The first-order valence-electron chi connectivity index (χ1n) is 6.37. The summed E-state index contributed by atoms with van der Waals surface area (Å²) in [4.78, 5) is 16.4. The number of nitrogens with two attached hydrogens (primary N) is 1. The molecule has 0 unspecified atom stereocenters. The second-order valence-corrected chi connectivity index (χ2v) is 6.12. The van der Waals surface area contributed by atoms with E-state index in [9.17, 15) is 4.79 Å². The van der Waals surface area contributed by atoms with Crippen molar-refractivity contribution in [3.63, 3.8) is 0 Å². The first-order chi connectivity index (χ1) is 11.0. The summed E-state index contributed by atoms with van der Waals surface area (Å²) in [5.41, 5.74) is 6.46. The standard InChI is InChI=1S/C15H11BrCl2N2O3/c16-10-3-1-9(2-4-10)15(19)20-23-14(21)8-22-13-6-5-11(17)7-12(13)18/h1-7H,8H2,(H2,19,20)/p+1. The van der Waals surface area contributed by atoms with Gasteiger partial charge in [-0.3, -0.25) is 10.6 Å². The molecule has 2 aromatic rings. The second kappa shape index (κ2) is 8.19. The minimum absolute atomic E-state index is 0.204. The van der Waals surface area contributed by atoms with E-state index < -0.39 is 5.97 Å². The fourth-order valence-corrected chi connectivity index (χ4v) is 2.29.